The van der Waals surface area contributed by atoms with Crippen molar-refractivity contribution < 1.29 is 22.7 Å². The molecule has 0 aliphatic carbocycles. The van der Waals surface area contributed by atoms with Gasteiger partial charge in [-0.15, -0.1) is 9.50 Å². The number of carbonyl (C=O) groups excluding carboxylic acids is 1. The molecule has 11 nitrogen and oxygen atoms in total. The Bertz CT molecular complexity index is 1200. The van der Waals surface area contributed by atoms with E-state index in [4.69, 9.17) is 9.47 Å². The summed E-state index contributed by atoms with van der Waals surface area (Å²) in [6.45, 7) is 0.227. The van der Waals surface area contributed by atoms with E-state index in [1.54, 1.807) is 42.5 Å². The van der Waals surface area contributed by atoms with Crippen molar-refractivity contribution in [3.63, 3.8) is 0 Å². The van der Waals surface area contributed by atoms with Gasteiger partial charge in [-0.25, -0.2) is 8.42 Å². The number of fused-ring (bicyclic) bond motifs is 1. The first-order chi connectivity index (χ1) is 14.4. The van der Waals surface area contributed by atoms with Crippen LogP contribution >= 0.6 is 0 Å². The highest BCUT2D eigenvalue weighted by atomic mass is 32.2. The molecule has 30 heavy (non-hydrogen) atoms. The zero-order valence-corrected chi connectivity index (χ0v) is 16.9. The number of aromatic nitrogens is 3. The first-order valence-electron chi connectivity index (χ1n) is 8.84. The van der Waals surface area contributed by atoms with E-state index in [9.17, 15) is 13.2 Å². The van der Waals surface area contributed by atoms with Crippen molar-refractivity contribution in [2.24, 2.45) is 4.40 Å². The monoisotopic (exact) mass is 430 g/mol. The summed E-state index contributed by atoms with van der Waals surface area (Å²) in [7, 11) is -0.539. The number of aromatic amines is 1. The number of amides is 1. The third-order valence-corrected chi connectivity index (χ3v) is 5.63. The molecule has 0 radical (unpaired) electrons. The molecule has 1 aromatic carbocycles. The van der Waals surface area contributed by atoms with E-state index in [0.717, 1.165) is 0 Å². The van der Waals surface area contributed by atoms with Crippen molar-refractivity contribution >= 4 is 27.7 Å². The fourth-order valence-electron chi connectivity index (χ4n) is 2.99. The highest BCUT2D eigenvalue weighted by Crippen LogP contribution is 2.31. The van der Waals surface area contributed by atoms with E-state index in [1.807, 2.05) is 0 Å². The van der Waals surface area contributed by atoms with Crippen molar-refractivity contribution in [2.45, 2.75) is 0 Å². The van der Waals surface area contributed by atoms with Gasteiger partial charge in [-0.3, -0.25) is 15.2 Å². The molecule has 0 fully saturated rings. The van der Waals surface area contributed by atoms with Crippen molar-refractivity contribution in [3.8, 4) is 22.9 Å². The molecule has 1 amide bonds. The average Bonchev–Trinajstić information content (AvgIpc) is 3.20. The number of methoxy groups -OCH3 is 2. The molecule has 0 unspecified atom stereocenters. The topological polar surface area (TPSA) is 139 Å². The van der Waals surface area contributed by atoms with Crippen LogP contribution in [-0.4, -0.2) is 66.8 Å². The lowest BCUT2D eigenvalue weighted by Crippen LogP contribution is -2.40. The number of H-pyrrole nitrogens is 1. The minimum Gasteiger partial charge on any atom is -0.497 e. The number of allylic oxidation sites excluding steroid dienone is 2. The molecule has 4 rings (SSSR count). The number of nitrogens with zero attached hydrogens (tertiary/aromatic N) is 4. The van der Waals surface area contributed by atoms with Crippen molar-refractivity contribution in [2.75, 3.05) is 31.8 Å². The Morgan fingerprint density at radius 1 is 1.27 bits per heavy atom. The maximum atomic E-state index is 12.7. The van der Waals surface area contributed by atoms with Gasteiger partial charge in [0.05, 0.1) is 31.1 Å². The van der Waals surface area contributed by atoms with E-state index in [1.165, 1.54) is 13.2 Å². The number of benzene rings is 1. The molecule has 2 aliphatic rings. The molecule has 12 heteroatoms. The van der Waals surface area contributed by atoms with Gasteiger partial charge in [0.25, 0.3) is 15.9 Å². The number of nitrogens with one attached hydrogen (secondary N) is 2. The standard InChI is InChI=1S/C18H18N6O5S/c1-28-11-5-6-12(14(10-11)29-2)15-19-18(22-21-15)20-17(25)13-4-3-7-24-8-9-30(26,27)23-16(13)24/h3-7,10H,8-9H2,1-2H3,(H2,19,20,21,22,25). The molecular weight excluding hydrogens is 412 g/mol. The number of sulfonamides is 1. The molecule has 1 aromatic heterocycles. The fraction of sp³-hybridized carbons (Fsp3) is 0.222. The van der Waals surface area contributed by atoms with Crippen LogP contribution < -0.4 is 14.8 Å². The van der Waals surface area contributed by atoms with Crippen molar-refractivity contribution in [3.05, 3.63) is 42.1 Å². The maximum Gasteiger partial charge on any atom is 0.261 e. The number of ether oxygens (including phenoxy) is 2. The largest absolute Gasteiger partial charge is 0.497 e. The van der Waals surface area contributed by atoms with Crippen LogP contribution in [0.3, 0.4) is 0 Å². The molecule has 0 bridgehead atoms. The van der Waals surface area contributed by atoms with Gasteiger partial charge in [0.1, 0.15) is 11.5 Å². The Morgan fingerprint density at radius 3 is 2.87 bits per heavy atom. The van der Waals surface area contributed by atoms with Gasteiger partial charge < -0.3 is 14.4 Å². The second-order valence-corrected chi connectivity index (χ2v) is 8.10. The Hall–Kier alpha value is -3.67. The zero-order valence-electron chi connectivity index (χ0n) is 16.1. The lowest BCUT2D eigenvalue weighted by atomic mass is 10.1. The summed E-state index contributed by atoms with van der Waals surface area (Å²) in [6.07, 6.45) is 4.81. The quantitative estimate of drug-likeness (QED) is 0.714. The van der Waals surface area contributed by atoms with Crippen LogP contribution in [0.15, 0.2) is 46.5 Å². The summed E-state index contributed by atoms with van der Waals surface area (Å²) in [5, 5.41) is 9.31. The van der Waals surface area contributed by atoms with Crippen molar-refractivity contribution in [1.29, 1.82) is 0 Å². The van der Waals surface area contributed by atoms with Gasteiger partial charge in [-0.2, -0.15) is 4.98 Å². The van der Waals surface area contributed by atoms with E-state index < -0.39 is 15.9 Å². The number of carbonyl (C=O) groups is 1. The molecular formula is C18H18N6O5S. The highest BCUT2D eigenvalue weighted by molar-refractivity contribution is 7.90. The molecule has 0 saturated carbocycles. The molecule has 2 aromatic rings. The van der Waals surface area contributed by atoms with E-state index in [2.05, 4.69) is 24.9 Å². The SMILES string of the molecule is COc1ccc(-c2nc(NC(=O)C3=CC=CN4CCS(=O)(=O)N=C34)n[nH]2)c(OC)c1. The third-order valence-electron chi connectivity index (χ3n) is 4.48. The minimum absolute atomic E-state index is 0.0224. The lowest BCUT2D eigenvalue weighted by Gasteiger charge is -2.28. The molecule has 0 atom stereocenters. The van der Waals surface area contributed by atoms with Gasteiger partial charge in [0, 0.05) is 18.8 Å². The fourth-order valence-corrected chi connectivity index (χ4v) is 3.98. The average molecular weight is 430 g/mol. The molecule has 3 heterocycles. The number of hydrogen-bond donors (Lipinski definition) is 2. The summed E-state index contributed by atoms with van der Waals surface area (Å²) < 4.78 is 38.0. The lowest BCUT2D eigenvalue weighted by molar-refractivity contribution is -0.112. The van der Waals surface area contributed by atoms with Crippen LogP contribution in [0.4, 0.5) is 5.95 Å². The summed E-state index contributed by atoms with van der Waals surface area (Å²) in [5.74, 6) is 0.926. The van der Waals surface area contributed by atoms with E-state index in [-0.39, 0.29) is 29.7 Å². The summed E-state index contributed by atoms with van der Waals surface area (Å²) >= 11 is 0. The molecule has 2 aliphatic heterocycles. The predicted octanol–water partition coefficient (Wildman–Crippen LogP) is 0.925. The normalized spacial score (nSPS) is 16.9. The highest BCUT2D eigenvalue weighted by Gasteiger charge is 2.30. The number of amidine groups is 1. The number of anilines is 1. The Morgan fingerprint density at radius 2 is 2.10 bits per heavy atom. The first kappa shape index (κ1) is 19.6. The van der Waals surface area contributed by atoms with Gasteiger partial charge in [-0.05, 0) is 24.3 Å². The van der Waals surface area contributed by atoms with Gasteiger partial charge in [0.15, 0.2) is 11.7 Å². The maximum absolute atomic E-state index is 12.7. The van der Waals surface area contributed by atoms with E-state index in [0.29, 0.717) is 22.9 Å². The van der Waals surface area contributed by atoms with Crippen LogP contribution in [0.2, 0.25) is 0 Å². The zero-order chi connectivity index (χ0) is 21.3. The van der Waals surface area contributed by atoms with Crippen LogP contribution in [0.1, 0.15) is 0 Å². The van der Waals surface area contributed by atoms with Crippen LogP contribution in [-0.2, 0) is 14.8 Å². The van der Waals surface area contributed by atoms with Crippen LogP contribution in [0, 0.1) is 0 Å². The first-order valence-corrected chi connectivity index (χ1v) is 10.5. The smallest absolute Gasteiger partial charge is 0.261 e. The van der Waals surface area contributed by atoms with Gasteiger partial charge in [0.2, 0.25) is 5.95 Å². The number of hydrogen-bond acceptors (Lipinski definition) is 8. The molecule has 0 saturated heterocycles. The Balaban J connectivity index is 1.57. The summed E-state index contributed by atoms with van der Waals surface area (Å²) in [4.78, 5) is 18.6. The molecule has 156 valence electrons. The van der Waals surface area contributed by atoms with Gasteiger partial charge in [-0.1, -0.05) is 0 Å². The molecule has 0 spiro atoms. The Labute approximate surface area is 172 Å². The Kier molecular flexibility index (Phi) is 4.99. The summed E-state index contributed by atoms with van der Waals surface area (Å²) in [5.41, 5.74) is 0.731. The summed E-state index contributed by atoms with van der Waals surface area (Å²) in [6, 6.07) is 5.19. The van der Waals surface area contributed by atoms with E-state index >= 15 is 0 Å². The molecule has 2 N–H and O–H groups in total. The predicted molar refractivity (Wildman–Crippen MR) is 109 cm³/mol. The van der Waals surface area contributed by atoms with Crippen LogP contribution in [0.5, 0.6) is 11.5 Å². The second kappa shape index (κ2) is 7.63. The van der Waals surface area contributed by atoms with Crippen LogP contribution in [0.25, 0.3) is 11.4 Å². The second-order valence-electron chi connectivity index (χ2n) is 6.34. The van der Waals surface area contributed by atoms with Crippen molar-refractivity contribution in [1.82, 2.24) is 20.1 Å². The van der Waals surface area contributed by atoms with Gasteiger partial charge >= 0.3 is 0 Å². The number of rotatable bonds is 5. The minimum atomic E-state index is -3.61. The third kappa shape index (κ3) is 3.76.